The highest BCUT2D eigenvalue weighted by atomic mass is 19.1. The van der Waals surface area contributed by atoms with Crippen LogP contribution in [0, 0.1) is 0 Å². The Kier molecular flexibility index (Phi) is 2.74. The molecule has 104 valence electrons. The van der Waals surface area contributed by atoms with Gasteiger partial charge in [0.05, 0.1) is 6.61 Å². The SMILES string of the molecule is CC1(C)OCC(C2OC(F)[C@H]3OC(C)(C)O[C@@H]23)O1. The molecule has 3 saturated heterocycles. The molecule has 0 bridgehead atoms. The van der Waals surface area contributed by atoms with Gasteiger partial charge < -0.3 is 23.7 Å². The van der Waals surface area contributed by atoms with Crippen LogP contribution in [0.15, 0.2) is 0 Å². The Hall–Kier alpha value is -0.270. The molecule has 6 heteroatoms. The van der Waals surface area contributed by atoms with Crippen molar-refractivity contribution in [1.82, 2.24) is 0 Å². The monoisotopic (exact) mass is 262 g/mol. The summed E-state index contributed by atoms with van der Waals surface area (Å²) in [5, 5.41) is 0. The summed E-state index contributed by atoms with van der Waals surface area (Å²) >= 11 is 0. The fourth-order valence-electron chi connectivity index (χ4n) is 2.76. The molecule has 0 radical (unpaired) electrons. The lowest BCUT2D eigenvalue weighted by Gasteiger charge is -2.25. The molecule has 3 rings (SSSR count). The van der Waals surface area contributed by atoms with Crippen molar-refractivity contribution in [3.63, 3.8) is 0 Å². The zero-order valence-corrected chi connectivity index (χ0v) is 11.0. The first kappa shape index (κ1) is 12.7. The molecule has 0 aromatic rings. The van der Waals surface area contributed by atoms with Crippen molar-refractivity contribution in [2.45, 2.75) is 70.0 Å². The third kappa shape index (κ3) is 2.06. The van der Waals surface area contributed by atoms with Gasteiger partial charge in [0.25, 0.3) is 0 Å². The van der Waals surface area contributed by atoms with Crippen LogP contribution >= 0.6 is 0 Å². The predicted molar refractivity (Wildman–Crippen MR) is 58.5 cm³/mol. The summed E-state index contributed by atoms with van der Waals surface area (Å²) in [7, 11) is 0. The maximum atomic E-state index is 13.8. The molecule has 3 heterocycles. The van der Waals surface area contributed by atoms with Crippen LogP contribution in [0.4, 0.5) is 4.39 Å². The molecule has 0 aliphatic carbocycles. The normalized spacial score (nSPS) is 49.5. The van der Waals surface area contributed by atoms with Crippen molar-refractivity contribution in [2.75, 3.05) is 6.61 Å². The molecule has 3 aliphatic heterocycles. The number of ether oxygens (including phenoxy) is 5. The summed E-state index contributed by atoms with van der Waals surface area (Å²) in [6.45, 7) is 7.55. The van der Waals surface area contributed by atoms with Crippen LogP contribution in [0.2, 0.25) is 0 Å². The first-order chi connectivity index (χ1) is 8.27. The molecule has 5 atom stereocenters. The molecule has 0 N–H and O–H groups in total. The van der Waals surface area contributed by atoms with Crippen molar-refractivity contribution in [1.29, 1.82) is 0 Å². The molecule has 18 heavy (non-hydrogen) atoms. The zero-order chi connectivity index (χ0) is 13.1. The Morgan fingerprint density at radius 2 is 1.56 bits per heavy atom. The van der Waals surface area contributed by atoms with Crippen molar-refractivity contribution >= 4 is 0 Å². The van der Waals surface area contributed by atoms with Gasteiger partial charge in [-0.2, -0.15) is 0 Å². The quantitative estimate of drug-likeness (QED) is 0.714. The van der Waals surface area contributed by atoms with Gasteiger partial charge in [0.15, 0.2) is 11.6 Å². The second kappa shape index (κ2) is 3.86. The fraction of sp³-hybridized carbons (Fsp3) is 1.00. The van der Waals surface area contributed by atoms with Crippen molar-refractivity contribution < 1.29 is 28.1 Å². The second-order valence-electron chi connectivity index (χ2n) is 5.88. The number of hydrogen-bond acceptors (Lipinski definition) is 5. The van der Waals surface area contributed by atoms with Gasteiger partial charge in [0.2, 0.25) is 6.36 Å². The maximum Gasteiger partial charge on any atom is 0.228 e. The largest absolute Gasteiger partial charge is 0.348 e. The average Bonchev–Trinajstić information content (AvgIpc) is 2.81. The van der Waals surface area contributed by atoms with E-state index in [0.29, 0.717) is 6.61 Å². The van der Waals surface area contributed by atoms with Crippen molar-refractivity contribution in [3.05, 3.63) is 0 Å². The highest BCUT2D eigenvalue weighted by Crippen LogP contribution is 2.42. The fourth-order valence-corrected chi connectivity index (χ4v) is 2.76. The van der Waals surface area contributed by atoms with E-state index in [0.717, 1.165) is 0 Å². The standard InChI is InChI=1S/C12H19FO5/c1-11(2)14-5-6(16-11)7-8-9(10(13)15-7)18-12(3,4)17-8/h6-10H,5H2,1-4H3/t6?,7?,8-,9-,10?/m0/s1. The lowest BCUT2D eigenvalue weighted by atomic mass is 10.1. The number of fused-ring (bicyclic) bond motifs is 1. The highest BCUT2D eigenvalue weighted by molar-refractivity contribution is 4.99. The summed E-state index contributed by atoms with van der Waals surface area (Å²) in [4.78, 5) is 0. The number of rotatable bonds is 1. The molecular weight excluding hydrogens is 243 g/mol. The number of hydrogen-bond donors (Lipinski definition) is 0. The molecule has 3 fully saturated rings. The van der Waals surface area contributed by atoms with E-state index < -0.39 is 36.2 Å². The Balaban J connectivity index is 1.75. The van der Waals surface area contributed by atoms with E-state index in [1.165, 1.54) is 0 Å². The molecule has 0 saturated carbocycles. The van der Waals surface area contributed by atoms with Crippen LogP contribution < -0.4 is 0 Å². The van der Waals surface area contributed by atoms with Crippen LogP contribution in [-0.4, -0.2) is 49.0 Å². The van der Waals surface area contributed by atoms with E-state index in [2.05, 4.69) is 0 Å². The minimum Gasteiger partial charge on any atom is -0.348 e. The van der Waals surface area contributed by atoms with E-state index in [1.807, 2.05) is 13.8 Å². The van der Waals surface area contributed by atoms with E-state index in [4.69, 9.17) is 23.7 Å². The van der Waals surface area contributed by atoms with Crippen LogP contribution in [0.1, 0.15) is 27.7 Å². The van der Waals surface area contributed by atoms with Gasteiger partial charge in [-0.1, -0.05) is 0 Å². The molecule has 3 unspecified atom stereocenters. The summed E-state index contributed by atoms with van der Waals surface area (Å²) in [5.74, 6) is -1.44. The summed E-state index contributed by atoms with van der Waals surface area (Å²) in [5.41, 5.74) is 0. The van der Waals surface area contributed by atoms with Gasteiger partial charge in [-0.15, -0.1) is 0 Å². The number of halogens is 1. The Bertz CT molecular complexity index is 345. The molecule has 3 aliphatic rings. The first-order valence-electron chi connectivity index (χ1n) is 6.24. The van der Waals surface area contributed by atoms with Gasteiger partial charge in [0, 0.05) is 0 Å². The van der Waals surface area contributed by atoms with Gasteiger partial charge in [-0.3, -0.25) is 0 Å². The summed E-state index contributed by atoms with van der Waals surface area (Å²) in [6.07, 6.45) is -3.43. The van der Waals surface area contributed by atoms with Gasteiger partial charge in [-0.05, 0) is 27.7 Å². The summed E-state index contributed by atoms with van der Waals surface area (Å²) < 4.78 is 41.5. The third-order valence-electron chi connectivity index (χ3n) is 3.43. The molecule has 0 aromatic heterocycles. The third-order valence-corrected chi connectivity index (χ3v) is 3.43. The second-order valence-corrected chi connectivity index (χ2v) is 5.88. The first-order valence-corrected chi connectivity index (χ1v) is 6.24. The highest BCUT2D eigenvalue weighted by Gasteiger charge is 2.59. The maximum absolute atomic E-state index is 13.8. The van der Waals surface area contributed by atoms with Gasteiger partial charge >= 0.3 is 0 Å². The van der Waals surface area contributed by atoms with E-state index in [9.17, 15) is 4.39 Å². The zero-order valence-electron chi connectivity index (χ0n) is 11.0. The van der Waals surface area contributed by atoms with Gasteiger partial charge in [-0.25, -0.2) is 4.39 Å². The van der Waals surface area contributed by atoms with Crippen LogP contribution in [-0.2, 0) is 23.7 Å². The Morgan fingerprint density at radius 3 is 2.17 bits per heavy atom. The lowest BCUT2D eigenvalue weighted by Crippen LogP contribution is -2.40. The Labute approximate surface area is 105 Å². The topological polar surface area (TPSA) is 46.2 Å². The van der Waals surface area contributed by atoms with Crippen molar-refractivity contribution in [3.8, 4) is 0 Å². The summed E-state index contributed by atoms with van der Waals surface area (Å²) in [6, 6.07) is 0. The molecular formula is C12H19FO5. The molecule has 0 spiro atoms. The molecule has 0 amide bonds. The van der Waals surface area contributed by atoms with E-state index in [-0.39, 0.29) is 6.10 Å². The minimum absolute atomic E-state index is 0.328. The average molecular weight is 262 g/mol. The van der Waals surface area contributed by atoms with Crippen molar-refractivity contribution in [2.24, 2.45) is 0 Å². The molecule has 5 nitrogen and oxygen atoms in total. The smallest absolute Gasteiger partial charge is 0.228 e. The molecule has 0 aromatic carbocycles. The van der Waals surface area contributed by atoms with Crippen LogP contribution in [0.3, 0.4) is 0 Å². The predicted octanol–water partition coefficient (Wildman–Crippen LogP) is 1.35. The Morgan fingerprint density at radius 1 is 0.889 bits per heavy atom. The number of alkyl halides is 1. The van der Waals surface area contributed by atoms with Crippen LogP contribution in [0.5, 0.6) is 0 Å². The lowest BCUT2D eigenvalue weighted by molar-refractivity contribution is -0.221. The minimum atomic E-state index is -1.48. The van der Waals surface area contributed by atoms with Gasteiger partial charge in [0.1, 0.15) is 24.4 Å². The van der Waals surface area contributed by atoms with Crippen LogP contribution in [0.25, 0.3) is 0 Å². The van der Waals surface area contributed by atoms with E-state index in [1.54, 1.807) is 13.8 Å². The van der Waals surface area contributed by atoms with E-state index >= 15 is 0 Å².